The molecule has 3 nitrogen and oxygen atoms in total. The van der Waals surface area contributed by atoms with Gasteiger partial charge in [0.1, 0.15) is 11.2 Å². The van der Waals surface area contributed by atoms with Gasteiger partial charge in [-0.05, 0) is 123 Å². The standard InChI is InChI=1S/C60H40N2O/c1-2-10-41(11-3-1)42-18-20-43(21-19-42)44-22-31-49(32-23-44)61(51-35-28-47(29-36-51)48-30-39-56-55-14-6-9-17-59(55)63-60(56)40-48)50-33-24-45(25-34-50)46-26-37-52(38-27-46)62-57-15-7-4-12-53(57)54-13-5-8-16-58(54)62/h1-40H. The lowest BCUT2D eigenvalue weighted by atomic mass is 10.00. The molecule has 2 heterocycles. The molecule has 296 valence electrons. The highest BCUT2D eigenvalue weighted by Gasteiger charge is 2.16. The highest BCUT2D eigenvalue weighted by Crippen LogP contribution is 2.40. The third-order valence-electron chi connectivity index (χ3n) is 12.5. The van der Waals surface area contributed by atoms with Crippen molar-refractivity contribution in [2.45, 2.75) is 0 Å². The lowest BCUT2D eigenvalue weighted by Crippen LogP contribution is -2.09. The van der Waals surface area contributed by atoms with Crippen LogP contribution in [-0.4, -0.2) is 4.57 Å². The zero-order valence-electron chi connectivity index (χ0n) is 34.4. The minimum Gasteiger partial charge on any atom is -0.456 e. The van der Waals surface area contributed by atoms with Gasteiger partial charge in [-0.25, -0.2) is 0 Å². The van der Waals surface area contributed by atoms with E-state index in [1.807, 2.05) is 12.1 Å². The molecule has 0 aliphatic rings. The summed E-state index contributed by atoms with van der Waals surface area (Å²) in [5.41, 5.74) is 18.0. The Hall–Kier alpha value is -8.40. The van der Waals surface area contributed by atoms with E-state index >= 15 is 0 Å². The van der Waals surface area contributed by atoms with Gasteiger partial charge in [-0.2, -0.15) is 0 Å². The van der Waals surface area contributed by atoms with Gasteiger partial charge in [-0.1, -0.05) is 164 Å². The predicted octanol–water partition coefficient (Wildman–Crippen LogP) is 16.8. The van der Waals surface area contributed by atoms with Gasteiger partial charge in [0, 0.05) is 44.3 Å². The fraction of sp³-hybridized carbons (Fsp3) is 0. The Labute approximate surface area is 366 Å². The van der Waals surface area contributed by atoms with Crippen LogP contribution in [0.5, 0.6) is 0 Å². The maximum absolute atomic E-state index is 6.25. The molecule has 2 aromatic heterocycles. The fourth-order valence-corrected chi connectivity index (χ4v) is 9.25. The van der Waals surface area contributed by atoms with E-state index < -0.39 is 0 Å². The van der Waals surface area contributed by atoms with E-state index in [4.69, 9.17) is 4.42 Å². The number of furan rings is 1. The molecule has 0 bridgehead atoms. The topological polar surface area (TPSA) is 21.3 Å². The molecule has 12 aromatic rings. The summed E-state index contributed by atoms with van der Waals surface area (Å²) < 4.78 is 8.61. The van der Waals surface area contributed by atoms with Gasteiger partial charge in [0.05, 0.1) is 11.0 Å². The molecule has 3 heteroatoms. The summed E-state index contributed by atoms with van der Waals surface area (Å²) in [5, 5.41) is 4.81. The molecule has 0 amide bonds. The van der Waals surface area contributed by atoms with Gasteiger partial charge in [-0.15, -0.1) is 0 Å². The minimum absolute atomic E-state index is 0.899. The Balaban J connectivity index is 0.874. The number of para-hydroxylation sites is 3. The van der Waals surface area contributed by atoms with Crippen molar-refractivity contribution in [3.63, 3.8) is 0 Å². The third kappa shape index (κ3) is 6.55. The van der Waals surface area contributed by atoms with Crippen LogP contribution in [0.15, 0.2) is 247 Å². The second kappa shape index (κ2) is 15.3. The lowest BCUT2D eigenvalue weighted by Gasteiger charge is -2.26. The highest BCUT2D eigenvalue weighted by atomic mass is 16.3. The summed E-state index contributed by atoms with van der Waals surface area (Å²) >= 11 is 0. The first kappa shape index (κ1) is 36.5. The van der Waals surface area contributed by atoms with Crippen molar-refractivity contribution in [1.29, 1.82) is 0 Å². The molecule has 63 heavy (non-hydrogen) atoms. The molecular weight excluding hydrogens is 765 g/mol. The Kier molecular flexibility index (Phi) is 8.83. The number of hydrogen-bond acceptors (Lipinski definition) is 2. The Morgan fingerprint density at radius 3 is 1.16 bits per heavy atom. The van der Waals surface area contributed by atoms with Crippen molar-refractivity contribution in [3.8, 4) is 50.2 Å². The Morgan fingerprint density at radius 1 is 0.270 bits per heavy atom. The molecule has 0 spiro atoms. The zero-order valence-corrected chi connectivity index (χ0v) is 34.4. The van der Waals surface area contributed by atoms with Crippen LogP contribution in [0.3, 0.4) is 0 Å². The number of hydrogen-bond donors (Lipinski definition) is 0. The van der Waals surface area contributed by atoms with Crippen molar-refractivity contribution < 1.29 is 4.42 Å². The molecule has 0 saturated carbocycles. The number of nitrogens with zero attached hydrogens (tertiary/aromatic N) is 2. The van der Waals surface area contributed by atoms with Crippen molar-refractivity contribution >= 4 is 60.8 Å². The van der Waals surface area contributed by atoms with Crippen LogP contribution >= 0.6 is 0 Å². The number of benzene rings is 10. The first-order chi connectivity index (χ1) is 31.2. The summed E-state index contributed by atoms with van der Waals surface area (Å²) in [4.78, 5) is 2.34. The predicted molar refractivity (Wildman–Crippen MR) is 264 cm³/mol. The average molecular weight is 805 g/mol. The molecule has 0 aliphatic carbocycles. The lowest BCUT2D eigenvalue weighted by molar-refractivity contribution is 0.669. The van der Waals surface area contributed by atoms with Crippen LogP contribution in [0.1, 0.15) is 0 Å². The monoisotopic (exact) mass is 804 g/mol. The quantitative estimate of drug-likeness (QED) is 0.153. The molecule has 10 aromatic carbocycles. The van der Waals surface area contributed by atoms with E-state index in [0.717, 1.165) is 61.4 Å². The molecular formula is C60H40N2O. The van der Waals surface area contributed by atoms with Crippen LogP contribution < -0.4 is 4.90 Å². The molecule has 0 unspecified atom stereocenters. The van der Waals surface area contributed by atoms with Crippen LogP contribution in [0.4, 0.5) is 17.1 Å². The third-order valence-corrected chi connectivity index (χ3v) is 12.5. The van der Waals surface area contributed by atoms with Gasteiger partial charge >= 0.3 is 0 Å². The van der Waals surface area contributed by atoms with Gasteiger partial charge < -0.3 is 13.9 Å². The van der Waals surface area contributed by atoms with E-state index in [-0.39, 0.29) is 0 Å². The van der Waals surface area contributed by atoms with Crippen LogP contribution in [0.25, 0.3) is 93.9 Å². The first-order valence-electron chi connectivity index (χ1n) is 21.5. The van der Waals surface area contributed by atoms with Crippen LogP contribution in [0.2, 0.25) is 0 Å². The second-order valence-electron chi connectivity index (χ2n) is 16.1. The summed E-state index contributed by atoms with van der Waals surface area (Å²) in [6.07, 6.45) is 0. The fourth-order valence-electron chi connectivity index (χ4n) is 9.25. The van der Waals surface area contributed by atoms with Crippen molar-refractivity contribution in [3.05, 3.63) is 243 Å². The maximum atomic E-state index is 6.25. The molecule has 0 radical (unpaired) electrons. The molecule has 0 fully saturated rings. The Morgan fingerprint density at radius 2 is 0.635 bits per heavy atom. The van der Waals surface area contributed by atoms with Crippen molar-refractivity contribution in [1.82, 2.24) is 4.57 Å². The van der Waals surface area contributed by atoms with E-state index in [9.17, 15) is 0 Å². The van der Waals surface area contributed by atoms with Gasteiger partial charge in [0.25, 0.3) is 0 Å². The van der Waals surface area contributed by atoms with Crippen molar-refractivity contribution in [2.24, 2.45) is 0 Å². The van der Waals surface area contributed by atoms with E-state index in [2.05, 4.69) is 240 Å². The van der Waals surface area contributed by atoms with Crippen LogP contribution in [-0.2, 0) is 0 Å². The summed E-state index contributed by atoms with van der Waals surface area (Å²) in [7, 11) is 0. The maximum Gasteiger partial charge on any atom is 0.136 e. The SMILES string of the molecule is c1ccc(-c2ccc(-c3ccc(N(c4ccc(-c5ccc(-n6c7ccccc7c7ccccc76)cc5)cc4)c4ccc(-c5ccc6c(c5)oc5ccccc56)cc4)cc3)cc2)cc1. The molecule has 0 N–H and O–H groups in total. The van der Waals surface area contributed by atoms with E-state index in [0.29, 0.717) is 0 Å². The highest BCUT2D eigenvalue weighted by molar-refractivity contribution is 6.09. The first-order valence-corrected chi connectivity index (χ1v) is 21.5. The smallest absolute Gasteiger partial charge is 0.136 e. The summed E-state index contributed by atoms with van der Waals surface area (Å²) in [6, 6.07) is 87.1. The van der Waals surface area contributed by atoms with Crippen molar-refractivity contribution in [2.75, 3.05) is 4.90 Å². The number of aromatic nitrogens is 1. The molecule has 0 aliphatic heterocycles. The largest absolute Gasteiger partial charge is 0.456 e. The summed E-state index contributed by atoms with van der Waals surface area (Å²) in [5.74, 6) is 0. The van der Waals surface area contributed by atoms with Gasteiger partial charge in [0.2, 0.25) is 0 Å². The molecule has 0 atom stereocenters. The van der Waals surface area contributed by atoms with Gasteiger partial charge in [-0.3, -0.25) is 0 Å². The molecule has 12 rings (SSSR count). The molecule has 0 saturated heterocycles. The van der Waals surface area contributed by atoms with Crippen LogP contribution in [0, 0.1) is 0 Å². The second-order valence-corrected chi connectivity index (χ2v) is 16.1. The number of fused-ring (bicyclic) bond motifs is 6. The van der Waals surface area contributed by atoms with E-state index in [1.54, 1.807) is 0 Å². The van der Waals surface area contributed by atoms with E-state index in [1.165, 1.54) is 49.6 Å². The zero-order chi connectivity index (χ0) is 41.7. The number of anilines is 3. The normalized spacial score (nSPS) is 11.5. The Bertz CT molecular complexity index is 3510. The minimum atomic E-state index is 0.899. The number of rotatable bonds is 8. The summed E-state index contributed by atoms with van der Waals surface area (Å²) in [6.45, 7) is 0. The van der Waals surface area contributed by atoms with Gasteiger partial charge in [0.15, 0.2) is 0 Å². The average Bonchev–Trinajstić information content (AvgIpc) is 3.91.